The molecule has 1 aromatic heterocycles. The summed E-state index contributed by atoms with van der Waals surface area (Å²) < 4.78 is 5.76. The maximum atomic E-state index is 12.6. The highest BCUT2D eigenvalue weighted by Gasteiger charge is 2.37. The number of carbonyl (C=O) groups is 2. The van der Waals surface area contributed by atoms with Crippen molar-refractivity contribution in [2.24, 2.45) is 5.41 Å². The van der Waals surface area contributed by atoms with Crippen LogP contribution in [0.5, 0.6) is 0 Å². The summed E-state index contributed by atoms with van der Waals surface area (Å²) in [4.78, 5) is 23.9. The van der Waals surface area contributed by atoms with Crippen molar-refractivity contribution in [3.05, 3.63) is 52.5 Å². The molecule has 0 aliphatic heterocycles. The number of hydrogen-bond donors (Lipinski definition) is 3. The molecule has 1 amide bonds. The molecule has 1 unspecified atom stereocenters. The number of fused-ring (bicyclic) bond motifs is 1. The first-order chi connectivity index (χ1) is 11.7. The quantitative estimate of drug-likeness (QED) is 0.791. The number of benzene rings is 1. The number of amides is 1. The zero-order valence-corrected chi connectivity index (χ0v) is 14.4. The lowest BCUT2D eigenvalue weighted by molar-refractivity contribution is 0.0697. The molecule has 0 saturated heterocycles. The van der Waals surface area contributed by atoms with Crippen molar-refractivity contribution in [3.8, 4) is 0 Å². The van der Waals surface area contributed by atoms with Crippen LogP contribution in [0.4, 0.5) is 5.69 Å². The molecule has 1 heterocycles. The van der Waals surface area contributed by atoms with Crippen molar-refractivity contribution in [1.82, 2.24) is 0 Å². The van der Waals surface area contributed by atoms with E-state index < -0.39 is 18.0 Å². The molecule has 0 fully saturated rings. The van der Waals surface area contributed by atoms with Gasteiger partial charge in [0.15, 0.2) is 5.76 Å². The summed E-state index contributed by atoms with van der Waals surface area (Å²) in [5.41, 5.74) is 1.38. The molecule has 1 aliphatic carbocycles. The van der Waals surface area contributed by atoms with Crippen LogP contribution >= 0.6 is 0 Å². The molecule has 0 bridgehead atoms. The number of carbonyl (C=O) groups excluding carboxylic acids is 1. The number of anilines is 1. The highest BCUT2D eigenvalue weighted by Crippen LogP contribution is 2.44. The summed E-state index contributed by atoms with van der Waals surface area (Å²) >= 11 is 0. The number of aliphatic hydroxyl groups excluding tert-OH is 1. The van der Waals surface area contributed by atoms with E-state index in [-0.39, 0.29) is 22.4 Å². The van der Waals surface area contributed by atoms with E-state index in [0.717, 1.165) is 0 Å². The number of nitrogens with one attached hydrogen (secondary N) is 1. The zero-order chi connectivity index (χ0) is 18.4. The number of hydrogen-bond acceptors (Lipinski definition) is 4. The van der Waals surface area contributed by atoms with Gasteiger partial charge in [0.2, 0.25) is 0 Å². The lowest BCUT2D eigenvalue weighted by Gasteiger charge is -2.31. The Bertz CT molecular complexity index is 849. The van der Waals surface area contributed by atoms with Crippen molar-refractivity contribution in [1.29, 1.82) is 0 Å². The topological polar surface area (TPSA) is 99.8 Å². The monoisotopic (exact) mass is 343 g/mol. The Morgan fingerprint density at radius 3 is 2.64 bits per heavy atom. The lowest BCUT2D eigenvalue weighted by atomic mass is 9.75. The summed E-state index contributed by atoms with van der Waals surface area (Å²) in [7, 11) is 0. The number of aliphatic hydroxyl groups is 1. The second-order valence-corrected chi connectivity index (χ2v) is 7.26. The standard InChI is InChI=1S/C19H21NO5/c1-10-15-13(21)8-19(2,3)9-14(15)25-16(10)17(22)20-12-7-5-4-6-11(12)18(23)24/h4-7,13,21H,8-9H2,1-3H3,(H,20,22)(H,23,24). The summed E-state index contributed by atoms with van der Waals surface area (Å²) in [6, 6.07) is 6.18. The van der Waals surface area contributed by atoms with E-state index >= 15 is 0 Å². The summed E-state index contributed by atoms with van der Waals surface area (Å²) in [5.74, 6) is -0.908. The fourth-order valence-corrected chi connectivity index (χ4v) is 3.46. The highest BCUT2D eigenvalue weighted by molar-refractivity contribution is 6.07. The zero-order valence-electron chi connectivity index (χ0n) is 14.4. The third-order valence-electron chi connectivity index (χ3n) is 4.60. The Labute approximate surface area is 145 Å². The fourth-order valence-electron chi connectivity index (χ4n) is 3.46. The van der Waals surface area contributed by atoms with Crippen molar-refractivity contribution in [3.63, 3.8) is 0 Å². The highest BCUT2D eigenvalue weighted by atomic mass is 16.4. The van der Waals surface area contributed by atoms with Crippen molar-refractivity contribution in [2.45, 2.75) is 39.7 Å². The van der Waals surface area contributed by atoms with Gasteiger partial charge in [-0.15, -0.1) is 0 Å². The van der Waals surface area contributed by atoms with Crippen molar-refractivity contribution >= 4 is 17.6 Å². The first kappa shape index (κ1) is 17.2. The minimum absolute atomic E-state index is 0.00555. The predicted octanol–water partition coefficient (Wildman–Crippen LogP) is 3.54. The van der Waals surface area contributed by atoms with Crippen LogP contribution in [0.2, 0.25) is 0 Å². The molecule has 6 heteroatoms. The number of furan rings is 1. The fraction of sp³-hybridized carbons (Fsp3) is 0.368. The molecule has 2 aromatic rings. The van der Waals surface area contributed by atoms with Crippen LogP contribution in [0.25, 0.3) is 0 Å². The lowest BCUT2D eigenvalue weighted by Crippen LogP contribution is -2.24. The molecular weight excluding hydrogens is 322 g/mol. The second kappa shape index (κ2) is 6.04. The van der Waals surface area contributed by atoms with Gasteiger partial charge in [0.1, 0.15) is 5.76 Å². The van der Waals surface area contributed by atoms with Crippen molar-refractivity contribution < 1.29 is 24.2 Å². The molecule has 6 nitrogen and oxygen atoms in total. The van der Waals surface area contributed by atoms with Crippen LogP contribution in [0.1, 0.15) is 64.2 Å². The number of aromatic carboxylic acids is 1. The summed E-state index contributed by atoms with van der Waals surface area (Å²) in [5, 5.41) is 22.2. The molecule has 0 radical (unpaired) electrons. The molecule has 132 valence electrons. The largest absolute Gasteiger partial charge is 0.478 e. The Balaban J connectivity index is 1.94. The molecule has 1 aliphatic rings. The molecular formula is C19H21NO5. The maximum Gasteiger partial charge on any atom is 0.337 e. The van der Waals surface area contributed by atoms with Gasteiger partial charge in [0.25, 0.3) is 5.91 Å². The van der Waals surface area contributed by atoms with Crippen LogP contribution in [0, 0.1) is 12.3 Å². The van der Waals surface area contributed by atoms with Gasteiger partial charge in [-0.05, 0) is 30.9 Å². The Kier molecular flexibility index (Phi) is 4.16. The second-order valence-electron chi connectivity index (χ2n) is 7.26. The Morgan fingerprint density at radius 2 is 1.96 bits per heavy atom. The van der Waals surface area contributed by atoms with Crippen LogP contribution in [0.3, 0.4) is 0 Å². The Hall–Kier alpha value is -2.60. The van der Waals surface area contributed by atoms with E-state index in [2.05, 4.69) is 5.32 Å². The van der Waals surface area contributed by atoms with Gasteiger partial charge in [-0.25, -0.2) is 4.79 Å². The van der Waals surface area contributed by atoms with Gasteiger partial charge in [0, 0.05) is 17.5 Å². The van der Waals surface area contributed by atoms with E-state index in [1.54, 1.807) is 19.1 Å². The van der Waals surface area contributed by atoms with E-state index in [0.29, 0.717) is 29.7 Å². The molecule has 0 saturated carbocycles. The van der Waals surface area contributed by atoms with Crippen molar-refractivity contribution in [2.75, 3.05) is 5.32 Å². The maximum absolute atomic E-state index is 12.6. The first-order valence-corrected chi connectivity index (χ1v) is 8.13. The molecule has 0 spiro atoms. The number of rotatable bonds is 3. The van der Waals surface area contributed by atoms with Gasteiger partial charge >= 0.3 is 5.97 Å². The first-order valence-electron chi connectivity index (χ1n) is 8.13. The van der Waals surface area contributed by atoms with Gasteiger partial charge < -0.3 is 19.9 Å². The normalized spacial score (nSPS) is 18.5. The number of para-hydroxylation sites is 1. The summed E-state index contributed by atoms with van der Waals surface area (Å²) in [6.45, 7) is 5.82. The number of carboxylic acid groups (broad SMARTS) is 1. The van der Waals surface area contributed by atoms with Crippen LogP contribution in [-0.4, -0.2) is 22.1 Å². The summed E-state index contributed by atoms with van der Waals surface area (Å²) in [6.07, 6.45) is 0.568. The van der Waals surface area contributed by atoms with Gasteiger partial charge in [0.05, 0.1) is 17.4 Å². The van der Waals surface area contributed by atoms with E-state index in [9.17, 15) is 19.8 Å². The van der Waals surface area contributed by atoms with Crippen LogP contribution < -0.4 is 5.32 Å². The van der Waals surface area contributed by atoms with E-state index in [1.807, 2.05) is 13.8 Å². The smallest absolute Gasteiger partial charge is 0.337 e. The van der Waals surface area contributed by atoms with Crippen LogP contribution in [0.15, 0.2) is 28.7 Å². The third kappa shape index (κ3) is 3.17. The number of carboxylic acids is 1. The van der Waals surface area contributed by atoms with Gasteiger partial charge in [-0.1, -0.05) is 26.0 Å². The SMILES string of the molecule is Cc1c(C(=O)Nc2ccccc2C(=O)O)oc2c1C(O)CC(C)(C)C2. The van der Waals surface area contributed by atoms with E-state index in [4.69, 9.17) is 4.42 Å². The molecule has 1 atom stereocenters. The molecule has 3 N–H and O–H groups in total. The minimum Gasteiger partial charge on any atom is -0.478 e. The Morgan fingerprint density at radius 1 is 1.28 bits per heavy atom. The third-order valence-corrected chi connectivity index (χ3v) is 4.60. The van der Waals surface area contributed by atoms with E-state index in [1.165, 1.54) is 12.1 Å². The molecule has 1 aromatic carbocycles. The average molecular weight is 343 g/mol. The minimum atomic E-state index is -1.12. The molecule has 25 heavy (non-hydrogen) atoms. The van der Waals surface area contributed by atoms with Crippen LogP contribution in [-0.2, 0) is 6.42 Å². The predicted molar refractivity (Wildman–Crippen MR) is 91.9 cm³/mol. The van der Waals surface area contributed by atoms with Gasteiger partial charge in [-0.2, -0.15) is 0 Å². The molecule has 3 rings (SSSR count). The van der Waals surface area contributed by atoms with Gasteiger partial charge in [-0.3, -0.25) is 4.79 Å². The average Bonchev–Trinajstić information content (AvgIpc) is 2.83.